The van der Waals surface area contributed by atoms with E-state index in [1.807, 2.05) is 56.4 Å². The SMILES string of the molecule is COC/C=C(\C=C/C(C)NC(=O)NC1C=CC=CC1C)CC(=O)N1CCCC1COC(/C=C\CC(=O)O)=C/CC(=O)O. The highest BCUT2D eigenvalue weighted by atomic mass is 16.5. The van der Waals surface area contributed by atoms with Crippen LogP contribution >= 0.6 is 0 Å². The van der Waals surface area contributed by atoms with Gasteiger partial charge in [-0.3, -0.25) is 14.4 Å². The first-order valence-electron chi connectivity index (χ1n) is 14.1. The third-order valence-electron chi connectivity index (χ3n) is 6.73. The fraction of sp³-hybridized carbons (Fsp3) is 0.484. The van der Waals surface area contributed by atoms with Crippen LogP contribution in [0.15, 0.2) is 72.1 Å². The number of methoxy groups -OCH3 is 1. The van der Waals surface area contributed by atoms with Gasteiger partial charge in [-0.15, -0.1) is 0 Å². The molecule has 4 N–H and O–H groups in total. The largest absolute Gasteiger partial charge is 0.492 e. The van der Waals surface area contributed by atoms with Crippen molar-refractivity contribution in [1.82, 2.24) is 15.5 Å². The molecule has 0 radical (unpaired) electrons. The molecule has 0 saturated carbocycles. The van der Waals surface area contributed by atoms with E-state index in [0.29, 0.717) is 13.2 Å². The summed E-state index contributed by atoms with van der Waals surface area (Å²) < 4.78 is 11.0. The Balaban J connectivity index is 1.97. The minimum absolute atomic E-state index is 0.0807. The Bertz CT molecular complexity index is 1120. The Morgan fingerprint density at radius 3 is 2.50 bits per heavy atom. The van der Waals surface area contributed by atoms with Crippen molar-refractivity contribution >= 4 is 23.9 Å². The van der Waals surface area contributed by atoms with Crippen molar-refractivity contribution in [2.24, 2.45) is 5.92 Å². The molecule has 11 heteroatoms. The van der Waals surface area contributed by atoms with Crippen LogP contribution in [0.25, 0.3) is 0 Å². The van der Waals surface area contributed by atoms with Gasteiger partial charge in [0.15, 0.2) is 0 Å². The van der Waals surface area contributed by atoms with Crippen LogP contribution in [0.4, 0.5) is 4.79 Å². The van der Waals surface area contributed by atoms with Crippen LogP contribution < -0.4 is 10.6 Å². The van der Waals surface area contributed by atoms with Crippen molar-refractivity contribution in [3.63, 3.8) is 0 Å². The molecule has 1 saturated heterocycles. The quantitative estimate of drug-likeness (QED) is 0.158. The molecule has 230 valence electrons. The first-order valence-corrected chi connectivity index (χ1v) is 14.1. The molecule has 1 aliphatic heterocycles. The number of carboxylic acids is 2. The van der Waals surface area contributed by atoms with Crippen molar-refractivity contribution in [2.75, 3.05) is 26.9 Å². The van der Waals surface area contributed by atoms with Crippen LogP contribution in [0.5, 0.6) is 0 Å². The topological polar surface area (TPSA) is 154 Å². The van der Waals surface area contributed by atoms with Crippen molar-refractivity contribution < 1.29 is 38.9 Å². The molecule has 2 rings (SSSR count). The van der Waals surface area contributed by atoms with E-state index >= 15 is 0 Å². The maximum atomic E-state index is 13.3. The molecule has 11 nitrogen and oxygen atoms in total. The van der Waals surface area contributed by atoms with Gasteiger partial charge in [0, 0.05) is 19.7 Å². The summed E-state index contributed by atoms with van der Waals surface area (Å²) in [5.74, 6) is -1.70. The standard InChI is InChI=1S/C31H43N3O8/c1-22-8-4-5-11-27(22)33-31(40)32-23(2)13-14-24(17-19-41-3)20-28(35)34-18-7-9-25(34)21-42-26(15-16-30(38)39)10-6-12-29(36)37/h4-6,8,10-11,13-15,17,22-23,25,27H,7,9,12,16,18-21H2,1-3H3,(H,36,37)(H,38,39)(H2,32,33,40)/b10-6-,14-13-,24-17+,26-15+. The number of likely N-dealkylation sites (tertiary alicyclic amines) is 1. The zero-order chi connectivity index (χ0) is 30.9. The molecule has 1 aliphatic carbocycles. The number of urea groups is 1. The van der Waals surface area contributed by atoms with E-state index in [0.717, 1.165) is 18.4 Å². The average Bonchev–Trinajstić information content (AvgIpc) is 3.41. The van der Waals surface area contributed by atoms with Crippen LogP contribution in [0.3, 0.4) is 0 Å². The number of amides is 3. The van der Waals surface area contributed by atoms with Gasteiger partial charge in [-0.05, 0) is 43.4 Å². The molecule has 2 aliphatic rings. The van der Waals surface area contributed by atoms with Gasteiger partial charge in [0.25, 0.3) is 0 Å². The van der Waals surface area contributed by atoms with Crippen LogP contribution in [-0.4, -0.2) is 84.0 Å². The van der Waals surface area contributed by atoms with Crippen LogP contribution in [0, 0.1) is 5.92 Å². The summed E-state index contributed by atoms with van der Waals surface area (Å²) in [5, 5.41) is 23.7. The third kappa shape index (κ3) is 13.0. The smallest absolute Gasteiger partial charge is 0.315 e. The first kappa shape index (κ1) is 34.1. The second kappa shape index (κ2) is 18.3. The average molecular weight is 586 g/mol. The highest BCUT2D eigenvalue weighted by Gasteiger charge is 2.29. The zero-order valence-electron chi connectivity index (χ0n) is 24.5. The number of carboxylic acid groups (broad SMARTS) is 2. The second-order valence-corrected chi connectivity index (χ2v) is 10.2. The highest BCUT2D eigenvalue weighted by molar-refractivity contribution is 5.80. The monoisotopic (exact) mass is 585 g/mol. The van der Waals surface area contributed by atoms with Gasteiger partial charge in [0.1, 0.15) is 12.4 Å². The van der Waals surface area contributed by atoms with Crippen molar-refractivity contribution in [2.45, 2.75) is 64.1 Å². The van der Waals surface area contributed by atoms with Gasteiger partial charge in [0.2, 0.25) is 5.91 Å². The molecule has 0 spiro atoms. The summed E-state index contributed by atoms with van der Waals surface area (Å²) in [6, 6.07) is -0.857. The summed E-state index contributed by atoms with van der Waals surface area (Å²) in [6.45, 7) is 4.92. The molecule has 0 aromatic carbocycles. The molecule has 0 aromatic heterocycles. The molecule has 0 bridgehead atoms. The molecule has 1 fully saturated rings. The summed E-state index contributed by atoms with van der Waals surface area (Å²) in [7, 11) is 1.57. The van der Waals surface area contributed by atoms with Gasteiger partial charge >= 0.3 is 18.0 Å². The lowest BCUT2D eigenvalue weighted by atomic mass is 9.97. The summed E-state index contributed by atoms with van der Waals surface area (Å²) in [5.41, 5.74) is 0.745. The lowest BCUT2D eigenvalue weighted by Crippen LogP contribution is -2.46. The number of nitrogens with zero attached hydrogens (tertiary/aromatic N) is 1. The lowest BCUT2D eigenvalue weighted by molar-refractivity contribution is -0.137. The fourth-order valence-corrected chi connectivity index (χ4v) is 4.45. The molecular weight excluding hydrogens is 542 g/mol. The molecule has 4 atom stereocenters. The predicted octanol–water partition coefficient (Wildman–Crippen LogP) is 3.72. The van der Waals surface area contributed by atoms with Gasteiger partial charge in [-0.25, -0.2) is 4.79 Å². The summed E-state index contributed by atoms with van der Waals surface area (Å²) >= 11 is 0. The van der Waals surface area contributed by atoms with E-state index in [1.54, 1.807) is 12.0 Å². The van der Waals surface area contributed by atoms with Crippen LogP contribution in [-0.2, 0) is 23.9 Å². The van der Waals surface area contributed by atoms with Crippen LogP contribution in [0.1, 0.15) is 46.0 Å². The fourth-order valence-electron chi connectivity index (χ4n) is 4.45. The maximum absolute atomic E-state index is 13.3. The normalized spacial score (nSPS) is 21.6. The number of allylic oxidation sites excluding steroid dienone is 4. The van der Waals surface area contributed by atoms with Crippen molar-refractivity contribution in [3.8, 4) is 0 Å². The van der Waals surface area contributed by atoms with E-state index in [-0.39, 0.29) is 67.6 Å². The number of rotatable bonds is 16. The van der Waals surface area contributed by atoms with Gasteiger partial charge in [-0.1, -0.05) is 55.5 Å². The second-order valence-electron chi connectivity index (χ2n) is 10.2. The predicted molar refractivity (Wildman–Crippen MR) is 158 cm³/mol. The Labute approximate surface area is 247 Å². The molecule has 1 heterocycles. The number of aliphatic carboxylic acids is 2. The van der Waals surface area contributed by atoms with Crippen LogP contribution in [0.2, 0.25) is 0 Å². The number of nitrogens with one attached hydrogen (secondary N) is 2. The Hall–Kier alpha value is -4.12. The van der Waals surface area contributed by atoms with E-state index in [1.165, 1.54) is 18.2 Å². The number of hydrogen-bond acceptors (Lipinski definition) is 6. The highest BCUT2D eigenvalue weighted by Crippen LogP contribution is 2.22. The van der Waals surface area contributed by atoms with Gasteiger partial charge in [-0.2, -0.15) is 0 Å². The molecule has 3 amide bonds. The summed E-state index contributed by atoms with van der Waals surface area (Å²) in [6.07, 6.45) is 18.7. The lowest BCUT2D eigenvalue weighted by Gasteiger charge is -2.25. The van der Waals surface area contributed by atoms with Crippen molar-refractivity contribution in [3.05, 3.63) is 72.1 Å². The van der Waals surface area contributed by atoms with Gasteiger partial charge in [0.05, 0.1) is 38.0 Å². The Kier molecular flexibility index (Phi) is 14.9. The van der Waals surface area contributed by atoms with Crippen molar-refractivity contribution in [1.29, 1.82) is 0 Å². The first-order chi connectivity index (χ1) is 20.1. The minimum atomic E-state index is -1.04. The maximum Gasteiger partial charge on any atom is 0.315 e. The number of carbonyl (C=O) groups is 4. The molecule has 4 unspecified atom stereocenters. The molecule has 42 heavy (non-hydrogen) atoms. The Morgan fingerprint density at radius 1 is 1.07 bits per heavy atom. The van der Waals surface area contributed by atoms with E-state index in [9.17, 15) is 19.2 Å². The number of carbonyl (C=O) groups excluding carboxylic acids is 2. The molecule has 0 aromatic rings. The zero-order valence-corrected chi connectivity index (χ0v) is 24.5. The number of ether oxygens (including phenoxy) is 2. The van der Waals surface area contributed by atoms with E-state index < -0.39 is 11.9 Å². The third-order valence-corrected chi connectivity index (χ3v) is 6.73. The minimum Gasteiger partial charge on any atom is -0.492 e. The summed E-state index contributed by atoms with van der Waals surface area (Å²) in [4.78, 5) is 49.3. The Morgan fingerprint density at radius 2 is 1.81 bits per heavy atom. The number of hydrogen-bond donors (Lipinski definition) is 4. The molecular formula is C31H43N3O8. The van der Waals surface area contributed by atoms with Gasteiger partial charge < -0.3 is 35.2 Å². The van der Waals surface area contributed by atoms with E-state index in [4.69, 9.17) is 19.7 Å². The van der Waals surface area contributed by atoms with E-state index in [2.05, 4.69) is 10.6 Å².